The van der Waals surface area contributed by atoms with Crippen LogP contribution in [0, 0.1) is 5.92 Å². The van der Waals surface area contributed by atoms with Crippen LogP contribution in [0.25, 0.3) is 10.9 Å². The summed E-state index contributed by atoms with van der Waals surface area (Å²) in [5.41, 5.74) is 8.11. The molecule has 0 aliphatic carbocycles. The Bertz CT molecular complexity index is 803. The third-order valence-electron chi connectivity index (χ3n) is 4.88. The molecule has 1 atom stereocenters. The highest BCUT2D eigenvalue weighted by Gasteiger charge is 2.25. The lowest BCUT2D eigenvalue weighted by Crippen LogP contribution is -2.35. The number of nitrogens with two attached hydrogens (primary N) is 1. The molecule has 0 radical (unpaired) electrons. The molecule has 2 aromatic rings. The van der Waals surface area contributed by atoms with Crippen LogP contribution < -0.4 is 11.1 Å². The fraction of sp³-hybridized carbons (Fsp3) is 0.474. The van der Waals surface area contributed by atoms with Gasteiger partial charge in [0.1, 0.15) is 5.69 Å². The molecule has 6 nitrogen and oxygen atoms in total. The van der Waals surface area contributed by atoms with Crippen molar-refractivity contribution < 1.29 is 9.59 Å². The Morgan fingerprint density at radius 1 is 1.32 bits per heavy atom. The van der Waals surface area contributed by atoms with E-state index in [2.05, 4.69) is 43.2 Å². The van der Waals surface area contributed by atoms with E-state index in [4.69, 9.17) is 5.73 Å². The minimum atomic E-state index is -0.390. The van der Waals surface area contributed by atoms with Crippen LogP contribution in [0.1, 0.15) is 43.2 Å². The minimum absolute atomic E-state index is 0.0660. The number of primary amides is 1. The Balaban J connectivity index is 1.65. The molecule has 3 amide bonds. The number of aromatic nitrogens is 1. The monoisotopic (exact) mass is 342 g/mol. The first-order valence-electron chi connectivity index (χ1n) is 8.70. The highest BCUT2D eigenvalue weighted by Crippen LogP contribution is 2.26. The first-order chi connectivity index (χ1) is 11.7. The number of aromatic amines is 1. The number of hydrogen-bond donors (Lipinski definition) is 3. The van der Waals surface area contributed by atoms with Gasteiger partial charge >= 0.3 is 6.03 Å². The maximum atomic E-state index is 12.4. The van der Waals surface area contributed by atoms with Gasteiger partial charge < -0.3 is 20.9 Å². The van der Waals surface area contributed by atoms with Crippen molar-refractivity contribution in [2.45, 2.75) is 32.6 Å². The molecule has 4 N–H and O–H groups in total. The fourth-order valence-corrected chi connectivity index (χ4v) is 3.25. The number of fused-ring (bicyclic) bond motifs is 1. The Morgan fingerprint density at radius 2 is 2.08 bits per heavy atom. The highest BCUT2D eigenvalue weighted by atomic mass is 16.2. The number of H-pyrrole nitrogens is 1. The molecule has 0 spiro atoms. The summed E-state index contributed by atoms with van der Waals surface area (Å²) in [4.78, 5) is 28.4. The van der Waals surface area contributed by atoms with Crippen molar-refractivity contribution in [3.63, 3.8) is 0 Å². The molecule has 3 rings (SSSR count). The number of likely N-dealkylation sites (tertiary alicyclic amines) is 1. The number of carbonyl (C=O) groups is 2. The summed E-state index contributed by atoms with van der Waals surface area (Å²) in [6.45, 7) is 8.32. The molecular weight excluding hydrogens is 316 g/mol. The lowest BCUT2D eigenvalue weighted by atomic mass is 9.87. The summed E-state index contributed by atoms with van der Waals surface area (Å²) in [6.07, 6.45) is 0.866. The maximum absolute atomic E-state index is 12.4. The predicted molar refractivity (Wildman–Crippen MR) is 98.6 cm³/mol. The smallest absolute Gasteiger partial charge is 0.314 e. The first-order valence-corrected chi connectivity index (χ1v) is 8.70. The Morgan fingerprint density at radius 3 is 2.72 bits per heavy atom. The van der Waals surface area contributed by atoms with Crippen molar-refractivity contribution in [1.82, 2.24) is 15.2 Å². The van der Waals surface area contributed by atoms with Crippen molar-refractivity contribution in [1.29, 1.82) is 0 Å². The zero-order chi connectivity index (χ0) is 18.2. The zero-order valence-corrected chi connectivity index (χ0v) is 15.1. The van der Waals surface area contributed by atoms with E-state index >= 15 is 0 Å². The van der Waals surface area contributed by atoms with Crippen LogP contribution in [0.4, 0.5) is 4.79 Å². The molecule has 0 saturated carbocycles. The molecule has 1 aromatic heterocycles. The van der Waals surface area contributed by atoms with Crippen molar-refractivity contribution >= 4 is 22.8 Å². The van der Waals surface area contributed by atoms with Crippen LogP contribution in [0.3, 0.4) is 0 Å². The van der Waals surface area contributed by atoms with Crippen molar-refractivity contribution in [3.8, 4) is 0 Å². The molecular formula is C19H26N4O2. The standard InChI is InChI=1S/C19H26N4O2/c1-19(2,3)14-5-4-13-8-16(22-15(13)9-14)17(24)21-10-12-6-7-23(11-12)18(20)25/h4-5,8-9,12,22H,6-7,10-11H2,1-3H3,(H2,20,25)(H,21,24). The molecule has 1 aliphatic rings. The van der Waals surface area contributed by atoms with Crippen molar-refractivity contribution in [2.75, 3.05) is 19.6 Å². The van der Waals surface area contributed by atoms with Crippen molar-refractivity contribution in [3.05, 3.63) is 35.5 Å². The van der Waals surface area contributed by atoms with Crippen LogP contribution in [0.2, 0.25) is 0 Å². The van der Waals surface area contributed by atoms with Crippen molar-refractivity contribution in [2.24, 2.45) is 11.7 Å². The molecule has 0 bridgehead atoms. The van der Waals surface area contributed by atoms with Gasteiger partial charge in [-0.05, 0) is 35.4 Å². The minimum Gasteiger partial charge on any atom is -0.351 e. The lowest BCUT2D eigenvalue weighted by molar-refractivity contribution is 0.0943. The van der Waals surface area contributed by atoms with E-state index < -0.39 is 0 Å². The summed E-state index contributed by atoms with van der Waals surface area (Å²) in [7, 11) is 0. The number of carbonyl (C=O) groups excluding carboxylic acids is 2. The van der Waals surface area contributed by atoms with E-state index in [1.165, 1.54) is 5.56 Å². The molecule has 1 aliphatic heterocycles. The number of urea groups is 1. The second-order valence-corrected chi connectivity index (χ2v) is 7.88. The second kappa shape index (κ2) is 6.43. The Labute approximate surface area is 147 Å². The van der Waals surface area contributed by atoms with Gasteiger partial charge in [0.2, 0.25) is 0 Å². The highest BCUT2D eigenvalue weighted by molar-refractivity contribution is 5.98. The third kappa shape index (κ3) is 3.78. The lowest BCUT2D eigenvalue weighted by Gasteiger charge is -2.18. The second-order valence-electron chi connectivity index (χ2n) is 7.88. The molecule has 1 saturated heterocycles. The number of amides is 3. The SMILES string of the molecule is CC(C)(C)c1ccc2cc(C(=O)NCC3CCN(C(N)=O)C3)[nH]c2c1. The third-order valence-corrected chi connectivity index (χ3v) is 4.88. The van der Waals surface area contributed by atoms with Gasteiger partial charge in [-0.15, -0.1) is 0 Å². The van der Waals surface area contributed by atoms with Gasteiger partial charge in [-0.25, -0.2) is 4.79 Å². The summed E-state index contributed by atoms with van der Waals surface area (Å²) < 4.78 is 0. The molecule has 134 valence electrons. The van der Waals surface area contributed by atoms with Crippen LogP contribution in [-0.2, 0) is 5.41 Å². The van der Waals surface area contributed by atoms with Gasteiger partial charge in [-0.2, -0.15) is 0 Å². The summed E-state index contributed by atoms with van der Waals surface area (Å²) in [5, 5.41) is 3.98. The number of nitrogens with one attached hydrogen (secondary N) is 2. The average Bonchev–Trinajstić information content (AvgIpc) is 3.17. The van der Waals surface area contributed by atoms with Gasteiger partial charge in [0.15, 0.2) is 0 Å². The van der Waals surface area contributed by atoms with Gasteiger partial charge in [0.25, 0.3) is 5.91 Å². The maximum Gasteiger partial charge on any atom is 0.314 e. The van der Waals surface area contributed by atoms with E-state index in [9.17, 15) is 9.59 Å². The molecule has 25 heavy (non-hydrogen) atoms. The van der Waals surface area contributed by atoms with Gasteiger partial charge in [0, 0.05) is 30.5 Å². The molecule has 1 fully saturated rings. The fourth-order valence-electron chi connectivity index (χ4n) is 3.25. The Hall–Kier alpha value is -2.50. The zero-order valence-electron chi connectivity index (χ0n) is 15.1. The van der Waals surface area contributed by atoms with E-state index in [1.807, 2.05) is 12.1 Å². The van der Waals surface area contributed by atoms with Crippen LogP contribution in [-0.4, -0.2) is 41.5 Å². The number of rotatable bonds is 3. The number of benzene rings is 1. The van der Waals surface area contributed by atoms with E-state index in [0.29, 0.717) is 25.3 Å². The van der Waals surface area contributed by atoms with E-state index in [-0.39, 0.29) is 23.3 Å². The summed E-state index contributed by atoms with van der Waals surface area (Å²) >= 11 is 0. The summed E-state index contributed by atoms with van der Waals surface area (Å²) in [6, 6.07) is 7.74. The van der Waals surface area contributed by atoms with Gasteiger partial charge in [0.05, 0.1) is 0 Å². The molecule has 1 aromatic carbocycles. The first kappa shape index (κ1) is 17.3. The quantitative estimate of drug-likeness (QED) is 0.800. The Kier molecular flexibility index (Phi) is 4.45. The largest absolute Gasteiger partial charge is 0.351 e. The molecule has 1 unspecified atom stereocenters. The number of nitrogens with zero attached hydrogens (tertiary/aromatic N) is 1. The summed E-state index contributed by atoms with van der Waals surface area (Å²) in [5.74, 6) is 0.138. The average molecular weight is 342 g/mol. The number of hydrogen-bond acceptors (Lipinski definition) is 2. The van der Waals surface area contributed by atoms with E-state index in [1.54, 1.807) is 4.90 Å². The van der Waals surface area contributed by atoms with Gasteiger partial charge in [-0.3, -0.25) is 4.79 Å². The normalized spacial score (nSPS) is 17.9. The van der Waals surface area contributed by atoms with Crippen LogP contribution in [0.15, 0.2) is 24.3 Å². The molecule has 2 heterocycles. The van der Waals surface area contributed by atoms with Crippen LogP contribution >= 0.6 is 0 Å². The topological polar surface area (TPSA) is 91.2 Å². The van der Waals surface area contributed by atoms with Crippen LogP contribution in [0.5, 0.6) is 0 Å². The molecule has 6 heteroatoms. The predicted octanol–water partition coefficient (Wildman–Crippen LogP) is 2.60. The van der Waals surface area contributed by atoms with E-state index in [0.717, 1.165) is 17.3 Å². The van der Waals surface area contributed by atoms with Gasteiger partial charge in [-0.1, -0.05) is 32.9 Å².